The Morgan fingerprint density at radius 3 is 3.05 bits per heavy atom. The number of nitrogens with two attached hydrogens (primary N) is 1. The van der Waals surface area contributed by atoms with Crippen LogP contribution in [0.25, 0.3) is 0 Å². The molecule has 0 aliphatic rings. The average molecular weight is 286 g/mol. The molecule has 1 amide bonds. The van der Waals surface area contributed by atoms with Crippen molar-refractivity contribution in [3.8, 4) is 11.8 Å². The summed E-state index contributed by atoms with van der Waals surface area (Å²) in [7, 11) is 1.75. The lowest BCUT2D eigenvalue weighted by Crippen LogP contribution is -2.25. The lowest BCUT2D eigenvalue weighted by molar-refractivity contribution is 0.0789. The van der Waals surface area contributed by atoms with Crippen molar-refractivity contribution in [1.82, 2.24) is 14.5 Å². The summed E-state index contributed by atoms with van der Waals surface area (Å²) < 4.78 is 3.69. The van der Waals surface area contributed by atoms with Gasteiger partial charge in [0.1, 0.15) is 4.88 Å². The van der Waals surface area contributed by atoms with Crippen LogP contribution < -0.4 is 5.73 Å². The number of carbonyl (C=O) groups is 1. The Morgan fingerprint density at radius 1 is 1.50 bits per heavy atom. The van der Waals surface area contributed by atoms with E-state index in [1.807, 2.05) is 24.3 Å². The number of hydrogen-bond donors (Lipinski definition) is 1. The highest BCUT2D eigenvalue weighted by Crippen LogP contribution is 2.11. The molecular weight excluding hydrogens is 272 g/mol. The van der Waals surface area contributed by atoms with E-state index in [9.17, 15) is 4.79 Å². The van der Waals surface area contributed by atoms with Gasteiger partial charge in [0.05, 0.1) is 12.7 Å². The van der Waals surface area contributed by atoms with Gasteiger partial charge in [-0.2, -0.15) is 0 Å². The Labute approximate surface area is 121 Å². The molecule has 0 unspecified atom stereocenters. The van der Waals surface area contributed by atoms with Crippen LogP contribution in [0.1, 0.15) is 20.8 Å². The molecule has 1 heterocycles. The second-order valence-electron chi connectivity index (χ2n) is 4.15. The van der Waals surface area contributed by atoms with E-state index in [4.69, 9.17) is 5.73 Å². The van der Waals surface area contributed by atoms with Gasteiger partial charge in [-0.15, -0.1) is 5.10 Å². The van der Waals surface area contributed by atoms with Crippen LogP contribution in [0.2, 0.25) is 0 Å². The molecule has 2 N–H and O–H groups in total. The van der Waals surface area contributed by atoms with Crippen LogP contribution in [0.5, 0.6) is 0 Å². The molecule has 0 radical (unpaired) electrons. The van der Waals surface area contributed by atoms with Crippen molar-refractivity contribution >= 4 is 17.4 Å². The van der Waals surface area contributed by atoms with E-state index in [0.717, 1.165) is 22.7 Å². The first-order valence-electron chi connectivity index (χ1n) is 6.01. The monoisotopic (exact) mass is 286 g/mol. The second-order valence-corrected chi connectivity index (χ2v) is 4.93. The normalized spacial score (nSPS) is 9.70. The van der Waals surface area contributed by atoms with E-state index in [1.54, 1.807) is 11.9 Å². The molecule has 5 nitrogen and oxygen atoms in total. The Bertz CT molecular complexity index is 643. The van der Waals surface area contributed by atoms with E-state index in [-0.39, 0.29) is 5.91 Å². The lowest BCUT2D eigenvalue weighted by atomic mass is 10.1. The summed E-state index contributed by atoms with van der Waals surface area (Å²) in [6.07, 6.45) is 1.48. The predicted octanol–water partition coefficient (Wildman–Crippen LogP) is 1.12. The van der Waals surface area contributed by atoms with Gasteiger partial charge in [0.25, 0.3) is 5.91 Å². The number of aromatic nitrogens is 2. The van der Waals surface area contributed by atoms with E-state index in [0.29, 0.717) is 18.0 Å². The van der Waals surface area contributed by atoms with Gasteiger partial charge in [-0.05, 0) is 29.2 Å². The highest BCUT2D eigenvalue weighted by molar-refractivity contribution is 7.07. The van der Waals surface area contributed by atoms with Crippen LogP contribution in [0, 0.1) is 11.8 Å². The molecule has 2 aromatic rings. The van der Waals surface area contributed by atoms with Crippen molar-refractivity contribution in [3.63, 3.8) is 0 Å². The molecule has 102 valence electrons. The minimum Gasteiger partial charge on any atom is -0.337 e. The smallest absolute Gasteiger partial charge is 0.267 e. The molecule has 0 fully saturated rings. The topological polar surface area (TPSA) is 72.1 Å². The fourth-order valence-corrected chi connectivity index (χ4v) is 2.21. The minimum atomic E-state index is -0.0848. The molecule has 0 aliphatic heterocycles. The fourth-order valence-electron chi connectivity index (χ4n) is 1.70. The van der Waals surface area contributed by atoms with E-state index in [1.165, 1.54) is 6.20 Å². The maximum Gasteiger partial charge on any atom is 0.267 e. The molecule has 0 spiro atoms. The molecule has 2 rings (SSSR count). The summed E-state index contributed by atoms with van der Waals surface area (Å²) in [6, 6.07) is 7.75. The Kier molecular flexibility index (Phi) is 4.82. The molecule has 6 heteroatoms. The zero-order valence-corrected chi connectivity index (χ0v) is 11.9. The molecule has 1 aromatic heterocycles. The van der Waals surface area contributed by atoms with Gasteiger partial charge < -0.3 is 10.6 Å². The van der Waals surface area contributed by atoms with Crippen molar-refractivity contribution in [2.45, 2.75) is 6.54 Å². The Morgan fingerprint density at radius 2 is 2.35 bits per heavy atom. The first kappa shape index (κ1) is 14.2. The third kappa shape index (κ3) is 3.63. The van der Waals surface area contributed by atoms with Gasteiger partial charge >= 0.3 is 0 Å². The molecular formula is C14H14N4OS. The largest absolute Gasteiger partial charge is 0.337 e. The number of carbonyl (C=O) groups excluding carboxylic acids is 1. The summed E-state index contributed by atoms with van der Waals surface area (Å²) in [4.78, 5) is 14.2. The second kappa shape index (κ2) is 6.80. The number of amides is 1. The maximum absolute atomic E-state index is 12.1. The van der Waals surface area contributed by atoms with Crippen molar-refractivity contribution in [1.29, 1.82) is 0 Å². The van der Waals surface area contributed by atoms with Crippen molar-refractivity contribution in [3.05, 3.63) is 46.5 Å². The summed E-state index contributed by atoms with van der Waals surface area (Å²) in [6.45, 7) is 0.843. The third-order valence-corrected chi connectivity index (χ3v) is 3.25. The molecule has 20 heavy (non-hydrogen) atoms. The molecule has 0 saturated heterocycles. The van der Waals surface area contributed by atoms with Crippen molar-refractivity contribution in [2.24, 2.45) is 5.73 Å². The highest BCUT2D eigenvalue weighted by Gasteiger charge is 2.14. The maximum atomic E-state index is 12.1. The Hall–Kier alpha value is -2.23. The Balaban J connectivity index is 2.08. The van der Waals surface area contributed by atoms with Gasteiger partial charge in [-0.3, -0.25) is 4.79 Å². The summed E-state index contributed by atoms with van der Waals surface area (Å²) in [5.74, 6) is 5.71. The van der Waals surface area contributed by atoms with Crippen molar-refractivity contribution in [2.75, 3.05) is 13.6 Å². The van der Waals surface area contributed by atoms with E-state index < -0.39 is 0 Å². The lowest BCUT2D eigenvalue weighted by Gasteiger charge is -2.15. The minimum absolute atomic E-state index is 0.0848. The fraction of sp³-hybridized carbons (Fsp3) is 0.214. The van der Waals surface area contributed by atoms with Gasteiger partial charge in [0.15, 0.2) is 0 Å². The summed E-state index contributed by atoms with van der Waals surface area (Å²) in [5.41, 5.74) is 7.26. The number of hydrogen-bond acceptors (Lipinski definition) is 5. The number of benzene rings is 1. The molecule has 1 aromatic carbocycles. The highest BCUT2D eigenvalue weighted by atomic mass is 32.1. The van der Waals surface area contributed by atoms with Crippen LogP contribution in [0.15, 0.2) is 30.5 Å². The van der Waals surface area contributed by atoms with Crippen molar-refractivity contribution < 1.29 is 4.79 Å². The van der Waals surface area contributed by atoms with Gasteiger partial charge in [0.2, 0.25) is 0 Å². The quantitative estimate of drug-likeness (QED) is 0.858. The van der Waals surface area contributed by atoms with Gasteiger partial charge in [0, 0.05) is 19.2 Å². The van der Waals surface area contributed by atoms with Crippen LogP contribution >= 0.6 is 11.5 Å². The van der Waals surface area contributed by atoms with Crippen LogP contribution in [0.3, 0.4) is 0 Å². The summed E-state index contributed by atoms with van der Waals surface area (Å²) in [5, 5.41) is 3.67. The van der Waals surface area contributed by atoms with Gasteiger partial charge in [-0.25, -0.2) is 0 Å². The van der Waals surface area contributed by atoms with Crippen LogP contribution in [0.4, 0.5) is 0 Å². The van der Waals surface area contributed by atoms with Gasteiger partial charge in [-0.1, -0.05) is 28.5 Å². The van der Waals surface area contributed by atoms with Crippen LogP contribution in [-0.4, -0.2) is 34.0 Å². The average Bonchev–Trinajstić information content (AvgIpc) is 2.98. The molecule has 0 aliphatic carbocycles. The third-order valence-electron chi connectivity index (χ3n) is 2.60. The van der Waals surface area contributed by atoms with E-state index >= 15 is 0 Å². The van der Waals surface area contributed by atoms with Crippen LogP contribution in [-0.2, 0) is 6.54 Å². The SMILES string of the molecule is CN(Cc1cccc(C#CCN)c1)C(=O)c1cnns1. The van der Waals surface area contributed by atoms with E-state index in [2.05, 4.69) is 21.4 Å². The first-order valence-corrected chi connectivity index (χ1v) is 6.78. The molecule has 0 bridgehead atoms. The zero-order valence-electron chi connectivity index (χ0n) is 11.0. The first-order chi connectivity index (χ1) is 9.70. The summed E-state index contributed by atoms with van der Waals surface area (Å²) >= 11 is 1.10. The zero-order chi connectivity index (χ0) is 14.4. The molecule has 0 atom stereocenters. The predicted molar refractivity (Wildman–Crippen MR) is 78.1 cm³/mol. The number of rotatable bonds is 3. The number of nitrogens with zero attached hydrogens (tertiary/aromatic N) is 3. The standard InChI is InChI=1S/C14H14N4OS/c1-18(14(19)13-9-16-17-20-13)10-12-5-2-4-11(8-12)6-3-7-15/h2,4-5,8-9H,7,10,15H2,1H3. The molecule has 0 saturated carbocycles.